The average molecular weight is 318 g/mol. The molecule has 0 bridgehead atoms. The van der Waals surface area contributed by atoms with Crippen LogP contribution >= 0.6 is 12.4 Å². The summed E-state index contributed by atoms with van der Waals surface area (Å²) < 4.78 is 0. The lowest BCUT2D eigenvalue weighted by Gasteiger charge is -2.22. The minimum Gasteiger partial charge on any atom is -0.293 e. The molecule has 22 heavy (non-hydrogen) atoms. The Balaban J connectivity index is 0.00000144. The summed E-state index contributed by atoms with van der Waals surface area (Å²) in [6.45, 7) is 2.54. The van der Waals surface area contributed by atoms with Crippen molar-refractivity contribution in [2.75, 3.05) is 11.4 Å². The van der Waals surface area contributed by atoms with Gasteiger partial charge in [-0.25, -0.2) is 0 Å². The summed E-state index contributed by atoms with van der Waals surface area (Å²) in [7, 11) is 0. The van der Waals surface area contributed by atoms with Gasteiger partial charge in [0.25, 0.3) is 0 Å². The third-order valence-corrected chi connectivity index (χ3v) is 4.84. The van der Waals surface area contributed by atoms with E-state index in [9.17, 15) is 10.1 Å². The zero-order valence-electron chi connectivity index (χ0n) is 12.1. The van der Waals surface area contributed by atoms with Crippen LogP contribution in [0.3, 0.4) is 0 Å². The largest absolute Gasteiger partial charge is 0.293 e. The summed E-state index contributed by atoms with van der Waals surface area (Å²) in [6.07, 6.45) is 5.32. The standard InChI is InChI=1S/C15H15N5O.ClH/c1-9-7-20(14(21)15(9,8-16)10-2-3-10)13-11-4-5-17-6-12(11)18-19-13;/h4-6,9-10H,2-3,7H2,1H3,(H,18,19);1H/t9-,15+;/m1./s1. The highest BCUT2D eigenvalue weighted by molar-refractivity contribution is 6.06. The van der Waals surface area contributed by atoms with Crippen molar-refractivity contribution < 1.29 is 4.79 Å². The van der Waals surface area contributed by atoms with E-state index >= 15 is 0 Å². The molecule has 0 radical (unpaired) electrons. The Labute approximate surface area is 133 Å². The molecule has 3 heterocycles. The third kappa shape index (κ3) is 1.75. The molecule has 2 aromatic rings. The molecule has 4 rings (SSSR count). The number of fused-ring (bicyclic) bond motifs is 1. The lowest BCUT2D eigenvalue weighted by molar-refractivity contribution is -0.124. The molecule has 1 aliphatic carbocycles. The Kier molecular flexibility index (Phi) is 3.33. The minimum atomic E-state index is -0.863. The molecular formula is C15H16ClN5O. The SMILES string of the molecule is C[C@@H]1CN(c2n[nH]c3cnccc23)C(=O)[C@]1(C#N)C1CC1.Cl. The molecule has 0 aromatic carbocycles. The van der Waals surface area contributed by atoms with E-state index in [2.05, 4.69) is 21.3 Å². The third-order valence-electron chi connectivity index (χ3n) is 4.84. The quantitative estimate of drug-likeness (QED) is 0.920. The van der Waals surface area contributed by atoms with Gasteiger partial charge in [-0.3, -0.25) is 19.8 Å². The molecule has 114 valence electrons. The van der Waals surface area contributed by atoms with Crippen LogP contribution in [-0.4, -0.2) is 27.6 Å². The van der Waals surface area contributed by atoms with Crippen molar-refractivity contribution in [1.29, 1.82) is 5.26 Å². The molecule has 2 aromatic heterocycles. The number of hydrogen-bond acceptors (Lipinski definition) is 4. The maximum atomic E-state index is 12.9. The summed E-state index contributed by atoms with van der Waals surface area (Å²) in [6, 6.07) is 4.18. The number of hydrogen-bond donors (Lipinski definition) is 1. The Morgan fingerprint density at radius 1 is 1.50 bits per heavy atom. The van der Waals surface area contributed by atoms with Crippen LogP contribution in [0.5, 0.6) is 0 Å². The van der Waals surface area contributed by atoms with E-state index in [0.717, 1.165) is 23.7 Å². The zero-order valence-corrected chi connectivity index (χ0v) is 12.9. The molecule has 6 nitrogen and oxygen atoms in total. The second-order valence-electron chi connectivity index (χ2n) is 6.04. The van der Waals surface area contributed by atoms with E-state index in [1.807, 2.05) is 13.0 Å². The van der Waals surface area contributed by atoms with Crippen molar-refractivity contribution in [3.05, 3.63) is 18.5 Å². The van der Waals surface area contributed by atoms with Crippen LogP contribution in [0.4, 0.5) is 5.82 Å². The fourth-order valence-corrected chi connectivity index (χ4v) is 3.54. The summed E-state index contributed by atoms with van der Waals surface area (Å²) in [4.78, 5) is 18.6. The maximum Gasteiger partial charge on any atom is 0.249 e. The molecule has 1 N–H and O–H groups in total. The van der Waals surface area contributed by atoms with Gasteiger partial charge in [-0.2, -0.15) is 10.4 Å². The highest BCUT2D eigenvalue weighted by atomic mass is 35.5. The summed E-state index contributed by atoms with van der Waals surface area (Å²) in [5.74, 6) is 0.755. The van der Waals surface area contributed by atoms with E-state index in [1.165, 1.54) is 0 Å². The van der Waals surface area contributed by atoms with Gasteiger partial charge < -0.3 is 0 Å². The predicted octanol–water partition coefficient (Wildman–Crippen LogP) is 2.28. The van der Waals surface area contributed by atoms with E-state index in [-0.39, 0.29) is 30.2 Å². The summed E-state index contributed by atoms with van der Waals surface area (Å²) in [5.41, 5.74) is -0.0629. The van der Waals surface area contributed by atoms with Crippen molar-refractivity contribution in [1.82, 2.24) is 15.2 Å². The Hall–Kier alpha value is -2.13. The first-order chi connectivity index (χ1) is 10.2. The van der Waals surface area contributed by atoms with Crippen LogP contribution in [0.1, 0.15) is 19.8 Å². The lowest BCUT2D eigenvalue weighted by Crippen LogP contribution is -2.37. The highest BCUT2D eigenvalue weighted by Gasteiger charge is 2.61. The minimum absolute atomic E-state index is 0. The molecule has 2 aliphatic rings. The van der Waals surface area contributed by atoms with E-state index in [4.69, 9.17) is 0 Å². The first kappa shape index (κ1) is 14.8. The van der Waals surface area contributed by atoms with Crippen LogP contribution in [0.2, 0.25) is 0 Å². The Bertz CT molecular complexity index is 778. The first-order valence-corrected chi connectivity index (χ1v) is 7.19. The van der Waals surface area contributed by atoms with Gasteiger partial charge in [-0.1, -0.05) is 6.92 Å². The monoisotopic (exact) mass is 317 g/mol. The van der Waals surface area contributed by atoms with E-state index in [0.29, 0.717) is 12.4 Å². The number of nitrogens with zero attached hydrogens (tertiary/aromatic N) is 4. The lowest BCUT2D eigenvalue weighted by atomic mass is 9.75. The number of aromatic nitrogens is 3. The fourth-order valence-electron chi connectivity index (χ4n) is 3.54. The summed E-state index contributed by atoms with van der Waals surface area (Å²) in [5, 5.41) is 17.7. The molecule has 2 atom stereocenters. The number of pyridine rings is 1. The van der Waals surface area contributed by atoms with E-state index < -0.39 is 5.41 Å². The van der Waals surface area contributed by atoms with Crippen molar-refractivity contribution in [3.8, 4) is 6.07 Å². The number of nitrogens with one attached hydrogen (secondary N) is 1. The van der Waals surface area contributed by atoms with Gasteiger partial charge >= 0.3 is 0 Å². The number of H-pyrrole nitrogens is 1. The van der Waals surface area contributed by atoms with Gasteiger partial charge in [0.05, 0.1) is 17.8 Å². The molecule has 1 amide bonds. The van der Waals surface area contributed by atoms with Crippen molar-refractivity contribution in [3.63, 3.8) is 0 Å². The molecule has 0 unspecified atom stereocenters. The second kappa shape index (κ2) is 4.96. The van der Waals surface area contributed by atoms with Crippen molar-refractivity contribution in [2.24, 2.45) is 17.3 Å². The van der Waals surface area contributed by atoms with Gasteiger partial charge in [0.2, 0.25) is 5.91 Å². The number of aromatic amines is 1. The number of halogens is 1. The van der Waals surface area contributed by atoms with Gasteiger partial charge in [-0.15, -0.1) is 12.4 Å². The Morgan fingerprint density at radius 3 is 2.95 bits per heavy atom. The van der Waals surface area contributed by atoms with Crippen LogP contribution in [0, 0.1) is 28.6 Å². The fraction of sp³-hybridized carbons (Fsp3) is 0.467. The maximum absolute atomic E-state index is 12.9. The van der Waals surface area contributed by atoms with Crippen LogP contribution in [0.25, 0.3) is 10.9 Å². The van der Waals surface area contributed by atoms with Crippen LogP contribution in [0.15, 0.2) is 18.5 Å². The van der Waals surface area contributed by atoms with Gasteiger partial charge in [0, 0.05) is 24.0 Å². The smallest absolute Gasteiger partial charge is 0.249 e. The van der Waals surface area contributed by atoms with Crippen molar-refractivity contribution in [2.45, 2.75) is 19.8 Å². The normalized spacial score (nSPS) is 27.7. The molecule has 2 fully saturated rings. The van der Waals surface area contributed by atoms with Gasteiger partial charge in [0.1, 0.15) is 5.41 Å². The van der Waals surface area contributed by atoms with Crippen LogP contribution < -0.4 is 4.90 Å². The molecule has 1 saturated heterocycles. The Morgan fingerprint density at radius 2 is 2.27 bits per heavy atom. The second-order valence-corrected chi connectivity index (χ2v) is 6.04. The van der Waals surface area contributed by atoms with Crippen molar-refractivity contribution >= 4 is 35.0 Å². The molecule has 1 aliphatic heterocycles. The number of anilines is 1. The summed E-state index contributed by atoms with van der Waals surface area (Å²) >= 11 is 0. The molecule has 7 heteroatoms. The van der Waals surface area contributed by atoms with Gasteiger partial charge in [0.15, 0.2) is 5.82 Å². The molecule has 1 saturated carbocycles. The first-order valence-electron chi connectivity index (χ1n) is 7.19. The topological polar surface area (TPSA) is 85.7 Å². The number of carbonyl (C=O) groups is 1. The van der Waals surface area contributed by atoms with Gasteiger partial charge in [-0.05, 0) is 24.8 Å². The predicted molar refractivity (Wildman–Crippen MR) is 83.4 cm³/mol. The number of carbonyl (C=O) groups excluding carboxylic acids is 1. The highest BCUT2D eigenvalue weighted by Crippen LogP contribution is 2.54. The number of rotatable bonds is 2. The number of nitriles is 1. The zero-order chi connectivity index (χ0) is 14.6. The molecule has 0 spiro atoms. The van der Waals surface area contributed by atoms with Crippen LogP contribution in [-0.2, 0) is 4.79 Å². The molecular weight excluding hydrogens is 302 g/mol. The number of amides is 1. The van der Waals surface area contributed by atoms with E-state index in [1.54, 1.807) is 17.3 Å². The average Bonchev–Trinajstić information content (AvgIpc) is 3.20.